The maximum Gasteiger partial charge on any atom is 0.316 e. The predicted octanol–water partition coefficient (Wildman–Crippen LogP) is 3.89. The van der Waals surface area contributed by atoms with Crippen molar-refractivity contribution in [2.24, 2.45) is 0 Å². The minimum atomic E-state index is -0.435. The van der Waals surface area contributed by atoms with Crippen LogP contribution in [0.4, 0.5) is 0 Å². The number of esters is 1. The number of oxazole rings is 1. The van der Waals surface area contributed by atoms with Crippen molar-refractivity contribution in [3.05, 3.63) is 70.6 Å². The fourth-order valence-corrected chi connectivity index (χ4v) is 4.61. The molecular formula is C20H13N3O4S2. The van der Waals surface area contributed by atoms with Crippen molar-refractivity contribution in [2.45, 2.75) is 11.8 Å². The van der Waals surface area contributed by atoms with Crippen LogP contribution in [0.3, 0.4) is 0 Å². The van der Waals surface area contributed by atoms with Crippen molar-refractivity contribution in [2.75, 3.05) is 5.75 Å². The molecule has 29 heavy (non-hydrogen) atoms. The van der Waals surface area contributed by atoms with E-state index >= 15 is 0 Å². The van der Waals surface area contributed by atoms with E-state index < -0.39 is 5.97 Å². The molecule has 144 valence electrons. The van der Waals surface area contributed by atoms with Gasteiger partial charge in [-0.2, -0.15) is 0 Å². The molecule has 5 aromatic rings. The summed E-state index contributed by atoms with van der Waals surface area (Å²) in [6.07, 6.45) is 0. The Labute approximate surface area is 172 Å². The van der Waals surface area contributed by atoms with Crippen LogP contribution >= 0.6 is 23.1 Å². The number of benzene rings is 2. The Morgan fingerprint density at radius 2 is 1.97 bits per heavy atom. The molecule has 0 amide bonds. The lowest BCUT2D eigenvalue weighted by atomic mass is 10.3. The number of nitrogens with zero attached hydrogens (tertiary/aromatic N) is 3. The highest BCUT2D eigenvalue weighted by Gasteiger charge is 2.13. The third-order valence-electron chi connectivity index (χ3n) is 4.22. The number of carbonyl (C=O) groups is 1. The Balaban J connectivity index is 1.26. The quantitative estimate of drug-likeness (QED) is 0.313. The lowest BCUT2D eigenvalue weighted by Gasteiger charge is -2.03. The fourth-order valence-electron chi connectivity index (χ4n) is 2.93. The van der Waals surface area contributed by atoms with Crippen LogP contribution in [-0.4, -0.2) is 26.1 Å². The van der Waals surface area contributed by atoms with E-state index in [0.29, 0.717) is 21.5 Å². The second kappa shape index (κ2) is 7.34. The van der Waals surface area contributed by atoms with E-state index in [-0.39, 0.29) is 17.9 Å². The standard InChI is InChI=1S/C20H13N3O4S2/c24-17-9-12(21-19-23(17)14-6-2-4-8-16(14)29-19)10-26-18(25)11-28-20-22-13-5-1-3-7-15(13)27-20/h1-9H,10-11H2. The van der Waals surface area contributed by atoms with Crippen molar-refractivity contribution < 1.29 is 13.9 Å². The van der Waals surface area contributed by atoms with Crippen LogP contribution in [0.15, 0.2) is 69.0 Å². The summed E-state index contributed by atoms with van der Waals surface area (Å²) in [5, 5.41) is 0.409. The lowest BCUT2D eigenvalue weighted by Crippen LogP contribution is -2.15. The maximum atomic E-state index is 12.5. The molecule has 0 aliphatic rings. The van der Waals surface area contributed by atoms with Crippen molar-refractivity contribution in [3.63, 3.8) is 0 Å². The van der Waals surface area contributed by atoms with Gasteiger partial charge in [0, 0.05) is 6.07 Å². The molecule has 0 aliphatic carbocycles. The third kappa shape index (κ3) is 3.50. The van der Waals surface area contributed by atoms with Crippen LogP contribution in [0.1, 0.15) is 5.69 Å². The zero-order chi connectivity index (χ0) is 19.8. The number of aromatic nitrogens is 3. The van der Waals surface area contributed by atoms with E-state index in [0.717, 1.165) is 27.5 Å². The highest BCUT2D eigenvalue weighted by atomic mass is 32.2. The van der Waals surface area contributed by atoms with Gasteiger partial charge in [-0.3, -0.25) is 14.0 Å². The number of ether oxygens (including phenoxy) is 1. The number of thiazole rings is 1. The zero-order valence-electron chi connectivity index (χ0n) is 14.9. The number of para-hydroxylation sites is 3. The monoisotopic (exact) mass is 423 g/mol. The number of rotatable bonds is 5. The molecule has 0 N–H and O–H groups in total. The minimum absolute atomic E-state index is 0.0525. The SMILES string of the molecule is O=C(CSc1nc2ccccc2o1)OCc1cc(=O)n2c(n1)sc1ccccc12. The van der Waals surface area contributed by atoms with Crippen LogP contribution in [0.25, 0.3) is 26.3 Å². The van der Waals surface area contributed by atoms with Crippen molar-refractivity contribution in [1.29, 1.82) is 0 Å². The van der Waals surface area contributed by atoms with Gasteiger partial charge in [-0.1, -0.05) is 47.4 Å². The Hall–Kier alpha value is -3.17. The Morgan fingerprint density at radius 1 is 1.14 bits per heavy atom. The molecule has 0 spiro atoms. The smallest absolute Gasteiger partial charge is 0.316 e. The summed E-state index contributed by atoms with van der Waals surface area (Å²) in [4.78, 5) is 33.9. The van der Waals surface area contributed by atoms with Gasteiger partial charge in [-0.05, 0) is 24.3 Å². The zero-order valence-corrected chi connectivity index (χ0v) is 16.5. The molecule has 0 atom stereocenters. The summed E-state index contributed by atoms with van der Waals surface area (Å²) in [6.45, 7) is -0.0626. The molecule has 9 heteroatoms. The summed E-state index contributed by atoms with van der Waals surface area (Å²) in [5.41, 5.74) is 2.46. The lowest BCUT2D eigenvalue weighted by molar-refractivity contribution is -0.141. The number of fused-ring (bicyclic) bond motifs is 4. The van der Waals surface area contributed by atoms with E-state index in [1.807, 2.05) is 48.5 Å². The molecule has 0 saturated carbocycles. The molecule has 0 aliphatic heterocycles. The average molecular weight is 423 g/mol. The summed E-state index contributed by atoms with van der Waals surface area (Å²) in [5.74, 6) is -0.382. The average Bonchev–Trinajstić information content (AvgIpc) is 3.31. The largest absolute Gasteiger partial charge is 0.459 e. The number of thioether (sulfide) groups is 1. The first-order chi connectivity index (χ1) is 14.2. The fraction of sp³-hybridized carbons (Fsp3) is 0.100. The first-order valence-corrected chi connectivity index (χ1v) is 10.5. The van der Waals surface area contributed by atoms with Gasteiger partial charge < -0.3 is 9.15 Å². The van der Waals surface area contributed by atoms with Crippen molar-refractivity contribution in [3.8, 4) is 0 Å². The second-order valence-corrected chi connectivity index (χ2v) is 8.11. The first-order valence-electron chi connectivity index (χ1n) is 8.71. The summed E-state index contributed by atoms with van der Waals surface area (Å²) in [6, 6.07) is 16.4. The summed E-state index contributed by atoms with van der Waals surface area (Å²) in [7, 11) is 0. The van der Waals surface area contributed by atoms with E-state index in [1.54, 1.807) is 4.40 Å². The molecule has 0 fully saturated rings. The van der Waals surface area contributed by atoms with E-state index in [1.165, 1.54) is 17.4 Å². The van der Waals surface area contributed by atoms with Gasteiger partial charge in [0.25, 0.3) is 10.8 Å². The van der Waals surface area contributed by atoms with Crippen LogP contribution in [0.5, 0.6) is 0 Å². The van der Waals surface area contributed by atoms with Gasteiger partial charge in [0.05, 0.1) is 15.9 Å². The van der Waals surface area contributed by atoms with Crippen LogP contribution in [0, 0.1) is 0 Å². The second-order valence-electron chi connectivity index (χ2n) is 6.17. The van der Waals surface area contributed by atoms with Gasteiger partial charge in [0.1, 0.15) is 17.9 Å². The predicted molar refractivity (Wildman–Crippen MR) is 111 cm³/mol. The van der Waals surface area contributed by atoms with Gasteiger partial charge in [0.2, 0.25) is 0 Å². The maximum absolute atomic E-state index is 12.5. The third-order valence-corrected chi connectivity index (χ3v) is 6.04. The van der Waals surface area contributed by atoms with Crippen LogP contribution < -0.4 is 5.56 Å². The van der Waals surface area contributed by atoms with Gasteiger partial charge >= 0.3 is 5.97 Å². The van der Waals surface area contributed by atoms with Crippen molar-refractivity contribution in [1.82, 2.24) is 14.4 Å². The molecule has 5 rings (SSSR count). The van der Waals surface area contributed by atoms with E-state index in [2.05, 4.69) is 9.97 Å². The number of hydrogen-bond donors (Lipinski definition) is 0. The van der Waals surface area contributed by atoms with Gasteiger partial charge in [-0.15, -0.1) is 0 Å². The normalized spacial score (nSPS) is 11.4. The molecule has 7 nitrogen and oxygen atoms in total. The van der Waals surface area contributed by atoms with Gasteiger partial charge in [-0.25, -0.2) is 9.97 Å². The number of hydrogen-bond acceptors (Lipinski definition) is 8. The summed E-state index contributed by atoms with van der Waals surface area (Å²) >= 11 is 2.58. The molecule has 0 radical (unpaired) electrons. The summed E-state index contributed by atoms with van der Waals surface area (Å²) < 4.78 is 13.4. The molecule has 0 bridgehead atoms. The molecule has 0 saturated heterocycles. The Bertz CT molecular complexity index is 1390. The molecule has 3 heterocycles. The van der Waals surface area contributed by atoms with Crippen LogP contribution in [-0.2, 0) is 16.1 Å². The highest BCUT2D eigenvalue weighted by molar-refractivity contribution is 7.99. The minimum Gasteiger partial charge on any atom is -0.459 e. The van der Waals surface area contributed by atoms with E-state index in [4.69, 9.17) is 9.15 Å². The topological polar surface area (TPSA) is 86.7 Å². The Morgan fingerprint density at radius 3 is 2.86 bits per heavy atom. The molecular weight excluding hydrogens is 410 g/mol. The van der Waals surface area contributed by atoms with Crippen molar-refractivity contribution >= 4 is 55.3 Å². The van der Waals surface area contributed by atoms with E-state index in [9.17, 15) is 9.59 Å². The Kier molecular flexibility index (Phi) is 4.53. The highest BCUT2D eigenvalue weighted by Crippen LogP contribution is 2.24. The molecule has 0 unspecified atom stereocenters. The molecule has 3 aromatic heterocycles. The van der Waals surface area contributed by atoms with Gasteiger partial charge in [0.15, 0.2) is 10.5 Å². The van der Waals surface area contributed by atoms with Crippen LogP contribution in [0.2, 0.25) is 0 Å². The molecule has 2 aromatic carbocycles. The first kappa shape index (κ1) is 17.9. The number of carbonyl (C=O) groups excluding carboxylic acids is 1.